The maximum atomic E-state index is 2.37. The molecule has 0 aliphatic carbocycles. The average molecular weight is 252 g/mol. The van der Waals surface area contributed by atoms with Gasteiger partial charge in [0.05, 0.1) is 0 Å². The molecule has 0 saturated heterocycles. The Morgan fingerprint density at radius 3 is 2.20 bits per heavy atom. The van der Waals surface area contributed by atoms with Crippen LogP contribution in [0.2, 0.25) is 4.81 Å². The van der Waals surface area contributed by atoms with Crippen LogP contribution in [0.5, 0.6) is 0 Å². The summed E-state index contributed by atoms with van der Waals surface area (Å²) in [5.74, 6) is 0. The van der Waals surface area contributed by atoms with E-state index < -0.39 is 0 Å². The van der Waals surface area contributed by atoms with Gasteiger partial charge in [-0.15, -0.1) is 0 Å². The zero-order valence-corrected chi connectivity index (χ0v) is 5.71. The molecule has 0 atom stereocenters. The molecule has 0 aromatic rings. The second-order valence-corrected chi connectivity index (χ2v) is 2.15. The van der Waals surface area contributed by atoms with Crippen LogP contribution in [-0.2, 0) is 19.8 Å². The fraction of sp³-hybridized carbons (Fsp3) is 1.00. The van der Waals surface area contributed by atoms with Crippen LogP contribution < -0.4 is 0 Å². The van der Waals surface area contributed by atoms with Crippen LogP contribution in [0.1, 0.15) is 19.8 Å². The first-order valence-corrected chi connectivity index (χ1v) is 3.54. The van der Waals surface area contributed by atoms with Gasteiger partial charge in [0, 0.05) is 0 Å². The molecule has 0 amide bonds. The van der Waals surface area contributed by atoms with E-state index in [2.05, 4.69) is 26.7 Å². The Kier molecular flexibility index (Phi) is 5.33. The van der Waals surface area contributed by atoms with Gasteiger partial charge in [-0.3, -0.25) is 0 Å². The standard InChI is InChI=1S/C4H9.Pt/c1-3-4-2;/h1,3-4H2,2H3;. The number of hydrogen-bond acceptors (Lipinski definition) is 0. The second kappa shape index (κ2) is 4.69. The van der Waals surface area contributed by atoms with Crippen LogP contribution in [0, 0.1) is 0 Å². The third-order valence-corrected chi connectivity index (χ3v) is 1.27. The Morgan fingerprint density at radius 2 is 2.20 bits per heavy atom. The summed E-state index contributed by atoms with van der Waals surface area (Å²) >= 11 is 2.37. The van der Waals surface area contributed by atoms with Crippen molar-refractivity contribution in [2.45, 2.75) is 24.6 Å². The predicted molar refractivity (Wildman–Crippen MR) is 19.7 cm³/mol. The summed E-state index contributed by atoms with van der Waals surface area (Å²) in [6.07, 6.45) is 2.71. The third-order valence-electron chi connectivity index (χ3n) is 0.465. The van der Waals surface area contributed by atoms with Gasteiger partial charge in [0.1, 0.15) is 0 Å². The normalized spacial score (nSPS) is 8.60. The predicted octanol–water partition coefficient (Wildman–Crippen LogP) is 1.75. The van der Waals surface area contributed by atoms with Crippen molar-refractivity contribution in [2.24, 2.45) is 0 Å². The second-order valence-electron chi connectivity index (χ2n) is 1.01. The number of unbranched alkanes of at least 4 members (excludes halogenated alkanes) is 1. The Balaban J connectivity index is 2.19. The van der Waals surface area contributed by atoms with Gasteiger partial charge in [-0.1, -0.05) is 0 Å². The number of hydrogen-bond donors (Lipinski definition) is 0. The van der Waals surface area contributed by atoms with Gasteiger partial charge in [-0.25, -0.2) is 0 Å². The maximum absolute atomic E-state index is 2.37. The van der Waals surface area contributed by atoms with Crippen molar-refractivity contribution in [3.05, 3.63) is 0 Å². The van der Waals surface area contributed by atoms with Gasteiger partial charge < -0.3 is 0 Å². The van der Waals surface area contributed by atoms with Gasteiger partial charge in [0.25, 0.3) is 0 Å². The minimum atomic E-state index is 1.32. The molecule has 0 aliphatic rings. The van der Waals surface area contributed by atoms with Gasteiger partial charge in [-0.2, -0.15) is 0 Å². The fourth-order valence-electron chi connectivity index (χ4n) is 0.112. The van der Waals surface area contributed by atoms with E-state index in [0.717, 1.165) is 0 Å². The first-order chi connectivity index (χ1) is 2.41. The molecule has 0 aromatic heterocycles. The summed E-state index contributed by atoms with van der Waals surface area (Å²) in [7, 11) is 0. The average Bonchev–Trinajstić information content (AvgIpc) is 1.41. The summed E-state index contributed by atoms with van der Waals surface area (Å²) in [4.78, 5) is 1.32. The van der Waals surface area contributed by atoms with Crippen molar-refractivity contribution in [2.75, 3.05) is 0 Å². The zero-order chi connectivity index (χ0) is 4.12. The van der Waals surface area contributed by atoms with Crippen molar-refractivity contribution in [3.8, 4) is 0 Å². The van der Waals surface area contributed by atoms with E-state index >= 15 is 0 Å². The van der Waals surface area contributed by atoms with Crippen molar-refractivity contribution in [3.63, 3.8) is 0 Å². The molecule has 0 nitrogen and oxygen atoms in total. The molecular formula is C4H9Pt. The minimum absolute atomic E-state index is 1.32. The number of rotatable bonds is 2. The van der Waals surface area contributed by atoms with E-state index in [1.54, 1.807) is 0 Å². The summed E-state index contributed by atoms with van der Waals surface area (Å²) in [6.45, 7) is 2.21. The van der Waals surface area contributed by atoms with Crippen molar-refractivity contribution in [1.29, 1.82) is 0 Å². The summed E-state index contributed by atoms with van der Waals surface area (Å²) in [5.41, 5.74) is 0. The molecule has 0 aromatic carbocycles. The molecule has 0 saturated carbocycles. The molecule has 0 heterocycles. The molecule has 0 N–H and O–H groups in total. The van der Waals surface area contributed by atoms with Crippen LogP contribution in [0.3, 0.4) is 0 Å². The Morgan fingerprint density at radius 1 is 1.60 bits per heavy atom. The molecular weight excluding hydrogens is 243 g/mol. The van der Waals surface area contributed by atoms with E-state index in [4.69, 9.17) is 0 Å². The SMILES string of the molecule is CCC[CH2][Pt]. The van der Waals surface area contributed by atoms with E-state index in [1.165, 1.54) is 17.7 Å². The van der Waals surface area contributed by atoms with Crippen LogP contribution in [0.4, 0.5) is 0 Å². The third kappa shape index (κ3) is 4.69. The molecule has 0 spiro atoms. The molecule has 0 rings (SSSR count). The molecule has 5 heavy (non-hydrogen) atoms. The van der Waals surface area contributed by atoms with Crippen molar-refractivity contribution < 1.29 is 19.8 Å². The fourth-order valence-corrected chi connectivity index (χ4v) is 0.915. The zero-order valence-electron chi connectivity index (χ0n) is 3.44. The topological polar surface area (TPSA) is 0 Å². The van der Waals surface area contributed by atoms with Gasteiger partial charge in [0.15, 0.2) is 0 Å². The van der Waals surface area contributed by atoms with Crippen molar-refractivity contribution in [1.82, 2.24) is 0 Å². The molecule has 0 fully saturated rings. The van der Waals surface area contributed by atoms with Crippen molar-refractivity contribution >= 4 is 0 Å². The molecule has 35 valence electrons. The summed E-state index contributed by atoms with van der Waals surface area (Å²) in [6, 6.07) is 0. The van der Waals surface area contributed by atoms with Crippen LogP contribution >= 0.6 is 0 Å². The van der Waals surface area contributed by atoms with E-state index in [1.807, 2.05) is 0 Å². The van der Waals surface area contributed by atoms with Gasteiger partial charge in [-0.05, 0) is 0 Å². The van der Waals surface area contributed by atoms with E-state index in [0.29, 0.717) is 0 Å². The summed E-state index contributed by atoms with van der Waals surface area (Å²) < 4.78 is 0. The molecule has 1 heteroatoms. The summed E-state index contributed by atoms with van der Waals surface area (Å²) in [5, 5.41) is 0. The van der Waals surface area contributed by atoms with Gasteiger partial charge in [0.2, 0.25) is 0 Å². The van der Waals surface area contributed by atoms with E-state index in [9.17, 15) is 0 Å². The van der Waals surface area contributed by atoms with Crippen LogP contribution in [-0.4, -0.2) is 0 Å². The Bertz CT molecular complexity index is 11.1. The molecule has 0 unspecified atom stereocenters. The molecule has 0 radical (unpaired) electrons. The van der Waals surface area contributed by atoms with Crippen LogP contribution in [0.25, 0.3) is 0 Å². The van der Waals surface area contributed by atoms with E-state index in [-0.39, 0.29) is 0 Å². The first kappa shape index (κ1) is 5.69. The molecule has 0 aliphatic heterocycles. The quantitative estimate of drug-likeness (QED) is 0.702. The van der Waals surface area contributed by atoms with Crippen LogP contribution in [0.15, 0.2) is 0 Å². The Hall–Kier alpha value is 0.688. The molecule has 0 bridgehead atoms. The Labute approximate surface area is 44.9 Å². The van der Waals surface area contributed by atoms with Gasteiger partial charge >= 0.3 is 44.4 Å². The first-order valence-electron chi connectivity index (χ1n) is 1.93. The monoisotopic (exact) mass is 252 g/mol.